The van der Waals surface area contributed by atoms with E-state index in [-0.39, 0.29) is 12.7 Å². The predicted octanol–water partition coefficient (Wildman–Crippen LogP) is 0.717. The van der Waals surface area contributed by atoms with Crippen LogP contribution < -0.4 is 0 Å². The van der Waals surface area contributed by atoms with E-state index in [1.165, 1.54) is 7.11 Å². The van der Waals surface area contributed by atoms with E-state index >= 15 is 0 Å². The second-order valence-electron chi connectivity index (χ2n) is 3.49. The maximum atomic E-state index is 9.48. The molecular weight excluding hydrogens is 212 g/mol. The molecule has 2 unspecified atom stereocenters. The normalized spacial score (nSPS) is 15.0. The van der Waals surface area contributed by atoms with Crippen molar-refractivity contribution in [2.45, 2.75) is 32.0 Å². The first-order chi connectivity index (χ1) is 7.71. The van der Waals surface area contributed by atoms with Crippen LogP contribution in [0.25, 0.3) is 0 Å². The van der Waals surface area contributed by atoms with Gasteiger partial charge in [0.1, 0.15) is 6.10 Å². The number of nitrogens with zero attached hydrogens (tertiary/aromatic N) is 2. The predicted molar refractivity (Wildman–Crippen MR) is 55.9 cm³/mol. The summed E-state index contributed by atoms with van der Waals surface area (Å²) >= 11 is 0. The lowest BCUT2D eigenvalue weighted by Crippen LogP contribution is -2.17. The van der Waals surface area contributed by atoms with E-state index in [0.29, 0.717) is 18.1 Å². The monoisotopic (exact) mass is 230 g/mol. The number of rotatable bonds is 7. The zero-order chi connectivity index (χ0) is 12.0. The fourth-order valence-corrected chi connectivity index (χ4v) is 1.39. The van der Waals surface area contributed by atoms with Crippen LogP contribution in [0.15, 0.2) is 4.52 Å². The molecular formula is C10H18N2O4. The first-order valence-corrected chi connectivity index (χ1v) is 5.23. The van der Waals surface area contributed by atoms with Gasteiger partial charge in [0.2, 0.25) is 11.7 Å². The second-order valence-corrected chi connectivity index (χ2v) is 3.49. The van der Waals surface area contributed by atoms with Crippen LogP contribution in [-0.4, -0.2) is 42.2 Å². The first kappa shape index (κ1) is 13.1. The number of hydrogen-bond donors (Lipinski definition) is 1. The number of aliphatic hydroxyl groups is 1. The number of aromatic nitrogens is 2. The highest BCUT2D eigenvalue weighted by atomic mass is 16.5. The van der Waals surface area contributed by atoms with E-state index in [4.69, 9.17) is 14.0 Å². The minimum atomic E-state index is -0.624. The molecule has 1 aromatic rings. The zero-order valence-corrected chi connectivity index (χ0v) is 9.84. The molecule has 0 saturated heterocycles. The maximum Gasteiger partial charge on any atom is 0.229 e. The molecule has 6 nitrogen and oxygen atoms in total. The molecule has 16 heavy (non-hydrogen) atoms. The van der Waals surface area contributed by atoms with Gasteiger partial charge in [-0.1, -0.05) is 12.1 Å². The summed E-state index contributed by atoms with van der Waals surface area (Å²) in [6.45, 7) is 2.23. The Kier molecular flexibility index (Phi) is 5.37. The zero-order valence-electron chi connectivity index (χ0n) is 9.84. The summed E-state index contributed by atoms with van der Waals surface area (Å²) in [5.74, 6) is 0.916. The van der Waals surface area contributed by atoms with Gasteiger partial charge < -0.3 is 19.1 Å². The van der Waals surface area contributed by atoms with Crippen molar-refractivity contribution in [3.05, 3.63) is 11.7 Å². The molecule has 0 bridgehead atoms. The molecule has 0 aliphatic heterocycles. The van der Waals surface area contributed by atoms with Crippen LogP contribution in [0.4, 0.5) is 0 Å². The van der Waals surface area contributed by atoms with Crippen LogP contribution in [0, 0.1) is 0 Å². The van der Waals surface area contributed by atoms with Crippen molar-refractivity contribution in [2.24, 2.45) is 0 Å². The lowest BCUT2D eigenvalue weighted by molar-refractivity contribution is 0.0599. The second kappa shape index (κ2) is 6.57. The fraction of sp³-hybridized carbons (Fsp3) is 0.800. The van der Waals surface area contributed by atoms with E-state index in [1.807, 2.05) is 6.92 Å². The third-order valence-electron chi connectivity index (χ3n) is 2.20. The van der Waals surface area contributed by atoms with Gasteiger partial charge in [0, 0.05) is 14.2 Å². The highest BCUT2D eigenvalue weighted by Crippen LogP contribution is 2.16. The van der Waals surface area contributed by atoms with E-state index in [1.54, 1.807) is 7.11 Å². The standard InChI is InChI=1S/C10H18N2O4/c1-4-8(15-3)10-11-9(16-12-10)5-7(13)6-14-2/h7-8,13H,4-6H2,1-3H3. The van der Waals surface area contributed by atoms with E-state index in [2.05, 4.69) is 10.1 Å². The van der Waals surface area contributed by atoms with Crippen LogP contribution in [0.2, 0.25) is 0 Å². The van der Waals surface area contributed by atoms with Gasteiger partial charge in [-0.2, -0.15) is 4.98 Å². The Hall–Kier alpha value is -0.980. The van der Waals surface area contributed by atoms with Crippen molar-refractivity contribution < 1.29 is 19.1 Å². The molecule has 6 heteroatoms. The average Bonchev–Trinajstić information content (AvgIpc) is 2.68. The van der Waals surface area contributed by atoms with Gasteiger partial charge in [-0.3, -0.25) is 0 Å². The Morgan fingerprint density at radius 3 is 2.75 bits per heavy atom. The van der Waals surface area contributed by atoms with Crippen LogP contribution in [0.5, 0.6) is 0 Å². The molecule has 0 amide bonds. The van der Waals surface area contributed by atoms with Gasteiger partial charge in [0.05, 0.1) is 19.1 Å². The molecule has 0 aliphatic rings. The Morgan fingerprint density at radius 1 is 1.44 bits per heavy atom. The molecule has 0 aromatic carbocycles. The quantitative estimate of drug-likeness (QED) is 0.743. The SMILES string of the molecule is CCC(OC)c1noc(CC(O)COC)n1. The Balaban J connectivity index is 2.57. The Morgan fingerprint density at radius 2 is 2.19 bits per heavy atom. The summed E-state index contributed by atoms with van der Waals surface area (Å²) in [6, 6.07) is 0. The summed E-state index contributed by atoms with van der Waals surface area (Å²) < 4.78 is 15.0. The minimum absolute atomic E-state index is 0.155. The molecule has 0 saturated carbocycles. The van der Waals surface area contributed by atoms with Crippen LogP contribution >= 0.6 is 0 Å². The molecule has 1 aromatic heterocycles. The number of ether oxygens (including phenoxy) is 2. The smallest absolute Gasteiger partial charge is 0.229 e. The van der Waals surface area contributed by atoms with Gasteiger partial charge in [-0.15, -0.1) is 0 Å². The third kappa shape index (κ3) is 3.55. The molecule has 0 radical (unpaired) electrons. The Labute approximate surface area is 94.6 Å². The van der Waals surface area contributed by atoms with Gasteiger partial charge in [0.15, 0.2) is 0 Å². The van der Waals surface area contributed by atoms with Crippen molar-refractivity contribution >= 4 is 0 Å². The molecule has 0 fully saturated rings. The number of methoxy groups -OCH3 is 2. The molecule has 0 spiro atoms. The van der Waals surface area contributed by atoms with Crippen molar-refractivity contribution in [3.8, 4) is 0 Å². The summed E-state index contributed by atoms with van der Waals surface area (Å²) in [7, 11) is 3.13. The van der Waals surface area contributed by atoms with Crippen molar-refractivity contribution in [2.75, 3.05) is 20.8 Å². The Bertz CT molecular complexity index is 299. The summed E-state index contributed by atoms with van der Waals surface area (Å²) in [4.78, 5) is 4.16. The van der Waals surface area contributed by atoms with E-state index < -0.39 is 6.10 Å². The molecule has 1 N–H and O–H groups in total. The largest absolute Gasteiger partial charge is 0.390 e. The highest BCUT2D eigenvalue weighted by Gasteiger charge is 2.17. The van der Waals surface area contributed by atoms with E-state index in [0.717, 1.165) is 6.42 Å². The lowest BCUT2D eigenvalue weighted by atomic mass is 10.2. The van der Waals surface area contributed by atoms with Crippen LogP contribution in [0.1, 0.15) is 31.2 Å². The highest BCUT2D eigenvalue weighted by molar-refractivity contribution is 4.92. The summed E-state index contributed by atoms with van der Waals surface area (Å²) in [5.41, 5.74) is 0. The van der Waals surface area contributed by atoms with Crippen molar-refractivity contribution in [3.63, 3.8) is 0 Å². The van der Waals surface area contributed by atoms with Gasteiger partial charge in [-0.05, 0) is 6.42 Å². The fourth-order valence-electron chi connectivity index (χ4n) is 1.39. The topological polar surface area (TPSA) is 77.6 Å². The third-order valence-corrected chi connectivity index (χ3v) is 2.20. The summed E-state index contributed by atoms with van der Waals surface area (Å²) in [5, 5.41) is 13.3. The van der Waals surface area contributed by atoms with Gasteiger partial charge >= 0.3 is 0 Å². The number of hydrogen-bond acceptors (Lipinski definition) is 6. The van der Waals surface area contributed by atoms with Crippen LogP contribution in [0.3, 0.4) is 0 Å². The van der Waals surface area contributed by atoms with E-state index in [9.17, 15) is 5.11 Å². The molecule has 1 heterocycles. The summed E-state index contributed by atoms with van der Waals surface area (Å²) in [6.07, 6.45) is 0.287. The van der Waals surface area contributed by atoms with Crippen molar-refractivity contribution in [1.29, 1.82) is 0 Å². The van der Waals surface area contributed by atoms with Gasteiger partial charge in [0.25, 0.3) is 0 Å². The average molecular weight is 230 g/mol. The molecule has 1 rings (SSSR count). The molecule has 0 aliphatic carbocycles. The van der Waals surface area contributed by atoms with Crippen LogP contribution in [-0.2, 0) is 15.9 Å². The minimum Gasteiger partial charge on any atom is -0.390 e. The lowest BCUT2D eigenvalue weighted by Gasteiger charge is -2.06. The number of aliphatic hydroxyl groups excluding tert-OH is 1. The maximum absolute atomic E-state index is 9.48. The van der Waals surface area contributed by atoms with Gasteiger partial charge in [-0.25, -0.2) is 0 Å². The first-order valence-electron chi connectivity index (χ1n) is 5.23. The van der Waals surface area contributed by atoms with Crippen molar-refractivity contribution in [1.82, 2.24) is 10.1 Å². The molecule has 92 valence electrons. The molecule has 2 atom stereocenters.